The quantitative estimate of drug-likeness (QED) is 0.755. The second kappa shape index (κ2) is 3.45. The third kappa shape index (κ3) is 1.56. The Morgan fingerprint density at radius 3 is 2.21 bits per heavy atom. The third-order valence-corrected chi connectivity index (χ3v) is 1.79. The largest absolute Gasteiger partial charge is 0.478 e. The van der Waals surface area contributed by atoms with Gasteiger partial charge in [0.05, 0.1) is 11.1 Å². The predicted octanol–water partition coefficient (Wildman–Crippen LogP) is 1.53. The van der Waals surface area contributed by atoms with E-state index < -0.39 is 28.9 Å². The van der Waals surface area contributed by atoms with Gasteiger partial charge in [-0.2, -0.15) is 0 Å². The number of aromatic carboxylic acids is 2. The van der Waals surface area contributed by atoms with E-state index in [4.69, 9.17) is 10.2 Å². The lowest BCUT2D eigenvalue weighted by molar-refractivity contribution is 0.0687. The van der Waals surface area contributed by atoms with Crippen LogP contribution < -0.4 is 0 Å². The van der Waals surface area contributed by atoms with Gasteiger partial charge >= 0.3 is 11.9 Å². The molecule has 1 rings (SSSR count). The molecule has 0 saturated heterocycles. The molecule has 1 aromatic rings. The molecule has 0 amide bonds. The van der Waals surface area contributed by atoms with Crippen LogP contribution in [-0.2, 0) is 0 Å². The maximum atomic E-state index is 13.3. The number of carboxylic acids is 2. The van der Waals surface area contributed by atoms with Crippen molar-refractivity contribution in [3.63, 3.8) is 0 Å². The fourth-order valence-corrected chi connectivity index (χ4v) is 1.10. The van der Waals surface area contributed by atoms with Crippen LogP contribution in [0.1, 0.15) is 26.3 Å². The van der Waals surface area contributed by atoms with Crippen LogP contribution in [0.3, 0.4) is 0 Å². The first-order valence-electron chi connectivity index (χ1n) is 3.71. The van der Waals surface area contributed by atoms with E-state index in [2.05, 4.69) is 0 Å². The lowest BCUT2D eigenvalue weighted by atomic mass is 10.0. The van der Waals surface area contributed by atoms with Crippen molar-refractivity contribution in [3.05, 3.63) is 34.6 Å². The molecule has 0 heterocycles. The molecule has 0 saturated carbocycles. The van der Waals surface area contributed by atoms with Crippen molar-refractivity contribution in [2.45, 2.75) is 6.92 Å². The molecule has 0 bridgehead atoms. The smallest absolute Gasteiger partial charge is 0.338 e. The number of carboxylic acid groups (broad SMARTS) is 2. The number of hydrogen-bond donors (Lipinski definition) is 2. The van der Waals surface area contributed by atoms with Gasteiger partial charge in [-0.25, -0.2) is 14.0 Å². The van der Waals surface area contributed by atoms with E-state index in [9.17, 15) is 14.0 Å². The molecular weight excluding hydrogens is 191 g/mol. The average molecular weight is 198 g/mol. The Kier molecular flexibility index (Phi) is 2.51. The summed E-state index contributed by atoms with van der Waals surface area (Å²) >= 11 is 0. The summed E-state index contributed by atoms with van der Waals surface area (Å²) in [4.78, 5) is 21.1. The first kappa shape index (κ1) is 10.2. The standard InChI is InChI=1S/C9H7FO4/c1-4-2-3-5(8(11)12)7(10)6(4)9(13)14/h2-3H,1H3,(H,11,12)(H,13,14). The number of hydrogen-bond acceptors (Lipinski definition) is 2. The predicted molar refractivity (Wildman–Crippen MR) is 45.1 cm³/mol. The minimum Gasteiger partial charge on any atom is -0.478 e. The van der Waals surface area contributed by atoms with E-state index >= 15 is 0 Å². The summed E-state index contributed by atoms with van der Waals surface area (Å²) in [7, 11) is 0. The Morgan fingerprint density at radius 1 is 1.21 bits per heavy atom. The van der Waals surface area contributed by atoms with Gasteiger partial charge in [-0.1, -0.05) is 6.07 Å². The Labute approximate surface area is 78.6 Å². The maximum Gasteiger partial charge on any atom is 0.338 e. The van der Waals surface area contributed by atoms with Gasteiger partial charge < -0.3 is 10.2 Å². The van der Waals surface area contributed by atoms with Crippen LogP contribution in [-0.4, -0.2) is 22.2 Å². The van der Waals surface area contributed by atoms with Gasteiger partial charge in [0, 0.05) is 0 Å². The summed E-state index contributed by atoms with van der Waals surface area (Å²) in [6.07, 6.45) is 0. The molecule has 2 N–H and O–H groups in total. The Balaban J connectivity index is 3.49. The molecule has 0 radical (unpaired) electrons. The zero-order chi connectivity index (χ0) is 10.9. The summed E-state index contributed by atoms with van der Waals surface area (Å²) in [5, 5.41) is 17.1. The van der Waals surface area contributed by atoms with Crippen LogP contribution in [0.5, 0.6) is 0 Å². The molecule has 0 spiro atoms. The minimum atomic E-state index is -1.48. The summed E-state index contributed by atoms with van der Waals surface area (Å²) in [5.41, 5.74) is -1.03. The van der Waals surface area contributed by atoms with Crippen LogP contribution in [0.2, 0.25) is 0 Å². The van der Waals surface area contributed by atoms with Crippen molar-refractivity contribution in [2.75, 3.05) is 0 Å². The molecule has 74 valence electrons. The average Bonchev–Trinajstić information content (AvgIpc) is 2.02. The molecule has 14 heavy (non-hydrogen) atoms. The number of halogens is 1. The molecule has 0 aliphatic carbocycles. The summed E-state index contributed by atoms with van der Waals surface area (Å²) in [6.45, 7) is 1.40. The Hall–Kier alpha value is -1.91. The second-order valence-electron chi connectivity index (χ2n) is 2.73. The van der Waals surface area contributed by atoms with Crippen LogP contribution >= 0.6 is 0 Å². The van der Waals surface area contributed by atoms with Gasteiger partial charge in [0.15, 0.2) is 5.82 Å². The zero-order valence-corrected chi connectivity index (χ0v) is 7.24. The Bertz CT molecular complexity index is 412. The highest BCUT2D eigenvalue weighted by atomic mass is 19.1. The second-order valence-corrected chi connectivity index (χ2v) is 2.73. The maximum absolute atomic E-state index is 13.3. The van der Waals surface area contributed by atoms with E-state index in [1.54, 1.807) is 0 Å². The van der Waals surface area contributed by atoms with Crippen molar-refractivity contribution >= 4 is 11.9 Å². The molecule has 5 heteroatoms. The van der Waals surface area contributed by atoms with Gasteiger partial charge in [-0.3, -0.25) is 0 Å². The first-order chi connectivity index (χ1) is 6.45. The van der Waals surface area contributed by atoms with E-state index in [1.165, 1.54) is 13.0 Å². The van der Waals surface area contributed by atoms with E-state index in [0.29, 0.717) is 0 Å². The van der Waals surface area contributed by atoms with Crippen LogP contribution in [0.25, 0.3) is 0 Å². The topological polar surface area (TPSA) is 74.6 Å². The van der Waals surface area contributed by atoms with Crippen molar-refractivity contribution in [1.29, 1.82) is 0 Å². The van der Waals surface area contributed by atoms with Gasteiger partial charge in [0.2, 0.25) is 0 Å². The summed E-state index contributed by atoms with van der Waals surface area (Å²) in [5.74, 6) is -4.15. The van der Waals surface area contributed by atoms with Gasteiger partial charge in [-0.15, -0.1) is 0 Å². The van der Waals surface area contributed by atoms with Gasteiger partial charge in [-0.05, 0) is 18.6 Å². The van der Waals surface area contributed by atoms with Crippen molar-refractivity contribution in [2.24, 2.45) is 0 Å². The third-order valence-electron chi connectivity index (χ3n) is 1.79. The monoisotopic (exact) mass is 198 g/mol. The molecular formula is C9H7FO4. The van der Waals surface area contributed by atoms with Crippen molar-refractivity contribution < 1.29 is 24.2 Å². The highest BCUT2D eigenvalue weighted by molar-refractivity contribution is 5.95. The van der Waals surface area contributed by atoms with Gasteiger partial charge in [0.25, 0.3) is 0 Å². The van der Waals surface area contributed by atoms with Crippen LogP contribution in [0, 0.1) is 12.7 Å². The molecule has 0 aliphatic heterocycles. The molecule has 0 unspecified atom stereocenters. The number of rotatable bonds is 2. The Morgan fingerprint density at radius 2 is 1.79 bits per heavy atom. The first-order valence-corrected chi connectivity index (χ1v) is 3.71. The normalized spacial score (nSPS) is 9.86. The van der Waals surface area contributed by atoms with Crippen LogP contribution in [0.4, 0.5) is 4.39 Å². The molecule has 0 atom stereocenters. The number of carbonyl (C=O) groups is 2. The fourth-order valence-electron chi connectivity index (χ4n) is 1.10. The van der Waals surface area contributed by atoms with Crippen molar-refractivity contribution in [3.8, 4) is 0 Å². The highest BCUT2D eigenvalue weighted by Crippen LogP contribution is 2.17. The lowest BCUT2D eigenvalue weighted by Crippen LogP contribution is -2.09. The minimum absolute atomic E-state index is 0.194. The molecule has 0 fully saturated rings. The molecule has 0 aliphatic rings. The molecule has 4 nitrogen and oxygen atoms in total. The highest BCUT2D eigenvalue weighted by Gasteiger charge is 2.20. The fraction of sp³-hybridized carbons (Fsp3) is 0.111. The summed E-state index contributed by atoms with van der Waals surface area (Å²) < 4.78 is 13.3. The lowest BCUT2D eigenvalue weighted by Gasteiger charge is -2.04. The SMILES string of the molecule is Cc1ccc(C(=O)O)c(F)c1C(=O)O. The molecule has 0 aromatic heterocycles. The number of aryl methyl sites for hydroxylation is 1. The van der Waals surface area contributed by atoms with E-state index in [0.717, 1.165) is 6.07 Å². The zero-order valence-electron chi connectivity index (χ0n) is 7.24. The summed E-state index contributed by atoms with van der Waals surface area (Å²) in [6, 6.07) is 2.30. The van der Waals surface area contributed by atoms with Crippen LogP contribution in [0.15, 0.2) is 12.1 Å². The van der Waals surface area contributed by atoms with E-state index in [1.807, 2.05) is 0 Å². The van der Waals surface area contributed by atoms with Gasteiger partial charge in [0.1, 0.15) is 0 Å². The van der Waals surface area contributed by atoms with Crippen molar-refractivity contribution in [1.82, 2.24) is 0 Å². The van der Waals surface area contributed by atoms with E-state index in [-0.39, 0.29) is 5.56 Å². The molecule has 1 aromatic carbocycles. The number of benzene rings is 1.